The second-order valence-electron chi connectivity index (χ2n) is 9.82. The Morgan fingerprint density at radius 3 is 2.33 bits per heavy atom. The number of ether oxygens (including phenoxy) is 2. The van der Waals surface area contributed by atoms with Crippen LogP contribution in [0.5, 0.6) is 5.75 Å². The summed E-state index contributed by atoms with van der Waals surface area (Å²) >= 11 is 0. The summed E-state index contributed by atoms with van der Waals surface area (Å²) in [5, 5.41) is 18.3. The molecule has 2 atom stereocenters. The molecule has 9 heteroatoms. The normalized spacial score (nSPS) is 21.4. The molecule has 0 saturated carbocycles. The second-order valence-corrected chi connectivity index (χ2v) is 9.82. The van der Waals surface area contributed by atoms with Gasteiger partial charge in [0.25, 0.3) is 0 Å². The number of nitriles is 1. The van der Waals surface area contributed by atoms with Gasteiger partial charge in [0.15, 0.2) is 11.6 Å². The van der Waals surface area contributed by atoms with E-state index in [1.807, 2.05) is 26.8 Å². The van der Waals surface area contributed by atoms with Crippen molar-refractivity contribution in [1.29, 1.82) is 5.26 Å². The maximum Gasteiger partial charge on any atom is 0.407 e. The van der Waals surface area contributed by atoms with Gasteiger partial charge in [-0.25, -0.2) is 9.18 Å². The molecular weight excluding hydrogens is 427 g/mol. The molecule has 0 spiro atoms. The number of halogens is 1. The number of fused-ring (bicyclic) bond motifs is 2. The highest BCUT2D eigenvalue weighted by molar-refractivity contribution is 5.65. The standard InChI is InChI=1S/C24H35FN4O4/c1-24(2,3)29(23(30)31)10-4-8-27-14-19-16-28(17-20(15-27)33-19)9-5-11-32-22-7-6-18(13-26)12-21(22)25/h6-7,12,19-20H,4-5,8-11,14-17H2,1-3H3,(H,30,31). The van der Waals surface area contributed by atoms with Crippen LogP contribution < -0.4 is 4.74 Å². The minimum atomic E-state index is -0.872. The largest absolute Gasteiger partial charge is 0.490 e. The first-order valence-corrected chi connectivity index (χ1v) is 11.6. The van der Waals surface area contributed by atoms with Gasteiger partial charge in [0.2, 0.25) is 0 Å². The molecule has 2 heterocycles. The lowest BCUT2D eigenvalue weighted by Gasteiger charge is -2.46. The van der Waals surface area contributed by atoms with Crippen LogP contribution in [0.3, 0.4) is 0 Å². The molecule has 0 aliphatic carbocycles. The van der Waals surface area contributed by atoms with Gasteiger partial charge in [-0.3, -0.25) is 9.80 Å². The Labute approximate surface area is 195 Å². The maximum absolute atomic E-state index is 13.9. The van der Waals surface area contributed by atoms with E-state index in [2.05, 4.69) is 9.80 Å². The first kappa shape index (κ1) is 25.2. The number of hydrogen-bond donors (Lipinski definition) is 1. The maximum atomic E-state index is 13.9. The average Bonchev–Trinajstić information content (AvgIpc) is 2.73. The quantitative estimate of drug-likeness (QED) is 0.564. The van der Waals surface area contributed by atoms with Crippen LogP contribution in [0.15, 0.2) is 18.2 Å². The monoisotopic (exact) mass is 462 g/mol. The zero-order valence-corrected chi connectivity index (χ0v) is 19.8. The molecule has 1 amide bonds. The molecule has 1 aromatic carbocycles. The Kier molecular flexibility index (Phi) is 8.51. The number of hydrogen-bond acceptors (Lipinski definition) is 6. The van der Waals surface area contributed by atoms with Crippen molar-refractivity contribution in [1.82, 2.24) is 14.7 Å². The van der Waals surface area contributed by atoms with Gasteiger partial charge in [-0.2, -0.15) is 5.26 Å². The van der Waals surface area contributed by atoms with E-state index in [0.29, 0.717) is 13.2 Å². The fourth-order valence-corrected chi connectivity index (χ4v) is 4.55. The molecule has 2 aliphatic heterocycles. The van der Waals surface area contributed by atoms with Gasteiger partial charge in [-0.15, -0.1) is 0 Å². The second kappa shape index (κ2) is 11.1. The summed E-state index contributed by atoms with van der Waals surface area (Å²) in [5.41, 5.74) is -0.120. The molecule has 1 aromatic rings. The molecule has 2 aliphatic rings. The predicted octanol–water partition coefficient (Wildman–Crippen LogP) is 3.02. The third-order valence-electron chi connectivity index (χ3n) is 6.07. The minimum absolute atomic E-state index is 0.146. The van der Waals surface area contributed by atoms with E-state index in [1.54, 1.807) is 6.07 Å². The molecule has 2 bridgehead atoms. The fraction of sp³-hybridized carbons (Fsp3) is 0.667. The summed E-state index contributed by atoms with van der Waals surface area (Å²) in [5.74, 6) is -0.333. The number of amides is 1. The lowest BCUT2D eigenvalue weighted by atomic mass is 10.1. The van der Waals surface area contributed by atoms with E-state index in [4.69, 9.17) is 14.7 Å². The zero-order chi connectivity index (χ0) is 24.0. The van der Waals surface area contributed by atoms with E-state index in [-0.39, 0.29) is 23.5 Å². The van der Waals surface area contributed by atoms with Crippen LogP contribution in [0.4, 0.5) is 9.18 Å². The zero-order valence-electron chi connectivity index (χ0n) is 19.8. The third kappa shape index (κ3) is 7.29. The van der Waals surface area contributed by atoms with E-state index >= 15 is 0 Å². The summed E-state index contributed by atoms with van der Waals surface area (Å²) in [6.07, 6.45) is 0.999. The van der Waals surface area contributed by atoms with Gasteiger partial charge >= 0.3 is 6.09 Å². The molecule has 0 aromatic heterocycles. The highest BCUT2D eigenvalue weighted by Crippen LogP contribution is 2.21. The van der Waals surface area contributed by atoms with E-state index in [9.17, 15) is 14.3 Å². The number of benzene rings is 1. The number of morpholine rings is 2. The van der Waals surface area contributed by atoms with Gasteiger partial charge in [0.1, 0.15) is 0 Å². The van der Waals surface area contributed by atoms with Crippen LogP contribution in [-0.2, 0) is 4.74 Å². The van der Waals surface area contributed by atoms with Gasteiger partial charge in [-0.05, 0) is 51.8 Å². The highest BCUT2D eigenvalue weighted by atomic mass is 19.1. The molecule has 2 saturated heterocycles. The van der Waals surface area contributed by atoms with Crippen LogP contribution in [-0.4, -0.2) is 96.1 Å². The summed E-state index contributed by atoms with van der Waals surface area (Å²) in [7, 11) is 0. The highest BCUT2D eigenvalue weighted by Gasteiger charge is 2.34. The molecular formula is C24H35FN4O4. The predicted molar refractivity (Wildman–Crippen MR) is 122 cm³/mol. The summed E-state index contributed by atoms with van der Waals surface area (Å²) in [6, 6.07) is 6.15. The van der Waals surface area contributed by atoms with Crippen molar-refractivity contribution in [2.45, 2.75) is 51.4 Å². The van der Waals surface area contributed by atoms with Gasteiger partial charge in [0, 0.05) is 51.4 Å². The molecule has 2 unspecified atom stereocenters. The number of rotatable bonds is 9. The van der Waals surface area contributed by atoms with Gasteiger partial charge < -0.3 is 19.5 Å². The van der Waals surface area contributed by atoms with Gasteiger partial charge in [-0.1, -0.05) is 0 Å². The number of carbonyl (C=O) groups is 1. The minimum Gasteiger partial charge on any atom is -0.490 e. The molecule has 1 N–H and O–H groups in total. The van der Waals surface area contributed by atoms with Crippen molar-refractivity contribution in [2.24, 2.45) is 0 Å². The van der Waals surface area contributed by atoms with Crippen LogP contribution in [0, 0.1) is 17.1 Å². The van der Waals surface area contributed by atoms with Crippen molar-refractivity contribution < 1.29 is 23.8 Å². The molecule has 182 valence electrons. The number of carboxylic acid groups (broad SMARTS) is 1. The molecule has 3 rings (SSSR count). The SMILES string of the molecule is CC(C)(C)N(CCCN1CC2CN(CCCOc3ccc(C#N)cc3F)CC(C1)O2)C(=O)O. The van der Waals surface area contributed by atoms with Crippen LogP contribution >= 0.6 is 0 Å². The smallest absolute Gasteiger partial charge is 0.407 e. The Balaban J connectivity index is 1.36. The Morgan fingerprint density at radius 2 is 1.82 bits per heavy atom. The van der Waals surface area contributed by atoms with E-state index < -0.39 is 17.4 Å². The molecule has 33 heavy (non-hydrogen) atoms. The van der Waals surface area contributed by atoms with E-state index in [0.717, 1.165) is 52.1 Å². The molecule has 2 fully saturated rings. The lowest BCUT2D eigenvalue weighted by molar-refractivity contribution is -0.139. The first-order valence-electron chi connectivity index (χ1n) is 11.6. The van der Waals surface area contributed by atoms with Crippen molar-refractivity contribution in [3.8, 4) is 11.8 Å². The Bertz CT molecular complexity index is 840. The van der Waals surface area contributed by atoms with Gasteiger partial charge in [0.05, 0.1) is 30.4 Å². The van der Waals surface area contributed by atoms with Crippen molar-refractivity contribution in [2.75, 3.05) is 52.4 Å². The third-order valence-corrected chi connectivity index (χ3v) is 6.07. The molecule has 8 nitrogen and oxygen atoms in total. The van der Waals surface area contributed by atoms with Crippen LogP contribution in [0.1, 0.15) is 39.2 Å². The van der Waals surface area contributed by atoms with Crippen molar-refractivity contribution >= 4 is 6.09 Å². The topological polar surface area (TPSA) is 89.3 Å². The Morgan fingerprint density at radius 1 is 1.21 bits per heavy atom. The average molecular weight is 463 g/mol. The Hall–Kier alpha value is -2.41. The van der Waals surface area contributed by atoms with Crippen LogP contribution in [0.25, 0.3) is 0 Å². The lowest BCUT2D eigenvalue weighted by Crippen LogP contribution is -2.59. The molecule has 0 radical (unpaired) electrons. The van der Waals surface area contributed by atoms with Crippen molar-refractivity contribution in [3.63, 3.8) is 0 Å². The first-order chi connectivity index (χ1) is 15.7. The van der Waals surface area contributed by atoms with E-state index in [1.165, 1.54) is 17.0 Å². The summed E-state index contributed by atoms with van der Waals surface area (Å²) in [6.45, 7) is 11.8. The van der Waals surface area contributed by atoms with Crippen molar-refractivity contribution in [3.05, 3.63) is 29.6 Å². The fourth-order valence-electron chi connectivity index (χ4n) is 4.55. The summed E-state index contributed by atoms with van der Waals surface area (Å²) < 4.78 is 25.6. The summed E-state index contributed by atoms with van der Waals surface area (Å²) in [4.78, 5) is 17.8. The van der Waals surface area contributed by atoms with Crippen LogP contribution in [0.2, 0.25) is 0 Å². The number of nitrogens with zero attached hydrogens (tertiary/aromatic N) is 4.